The van der Waals surface area contributed by atoms with Gasteiger partial charge in [0.25, 0.3) is 0 Å². The van der Waals surface area contributed by atoms with Gasteiger partial charge in [0.05, 0.1) is 0 Å². The fraction of sp³-hybridized carbons (Fsp3) is 0.778. The summed E-state index contributed by atoms with van der Waals surface area (Å²) in [6, 6.07) is 0. The summed E-state index contributed by atoms with van der Waals surface area (Å²) < 4.78 is 5.37. The minimum atomic E-state index is 0.583. The summed E-state index contributed by atoms with van der Waals surface area (Å²) in [6.07, 6.45) is 2.14. The summed E-state index contributed by atoms with van der Waals surface area (Å²) in [5, 5.41) is 13.1. The van der Waals surface area contributed by atoms with Crippen molar-refractivity contribution in [2.24, 2.45) is 0 Å². The Morgan fingerprint density at radius 3 is 2.86 bits per heavy atom. The van der Waals surface area contributed by atoms with E-state index in [0.29, 0.717) is 6.61 Å². The first-order valence-electron chi connectivity index (χ1n) is 5.00. The van der Waals surface area contributed by atoms with Crippen molar-refractivity contribution in [3.63, 3.8) is 0 Å². The van der Waals surface area contributed by atoms with Crippen molar-refractivity contribution in [3.05, 3.63) is 5.01 Å². The Kier molecular flexibility index (Phi) is 5.47. The summed E-state index contributed by atoms with van der Waals surface area (Å²) >= 11 is 1.56. The summed E-state index contributed by atoms with van der Waals surface area (Å²) in [4.78, 5) is 0. The molecular weight excluding hydrogens is 198 g/mol. The predicted molar refractivity (Wildman–Crippen MR) is 58.6 cm³/mol. The van der Waals surface area contributed by atoms with Crippen LogP contribution in [0.4, 0.5) is 5.13 Å². The van der Waals surface area contributed by atoms with E-state index in [-0.39, 0.29) is 0 Å². The van der Waals surface area contributed by atoms with Crippen molar-refractivity contribution in [3.8, 4) is 0 Å². The van der Waals surface area contributed by atoms with E-state index in [1.165, 1.54) is 0 Å². The van der Waals surface area contributed by atoms with Crippen molar-refractivity contribution < 1.29 is 4.74 Å². The number of hydrogen-bond acceptors (Lipinski definition) is 5. The topological polar surface area (TPSA) is 47.0 Å². The number of nitrogens with one attached hydrogen (secondary N) is 1. The van der Waals surface area contributed by atoms with Crippen LogP contribution in [0.25, 0.3) is 0 Å². The molecule has 1 N–H and O–H groups in total. The van der Waals surface area contributed by atoms with Gasteiger partial charge in [0, 0.05) is 13.2 Å². The minimum absolute atomic E-state index is 0.583. The molecule has 0 amide bonds. The second kappa shape index (κ2) is 6.73. The molecule has 0 aromatic carbocycles. The van der Waals surface area contributed by atoms with Crippen LogP contribution in [0, 0.1) is 0 Å². The van der Waals surface area contributed by atoms with E-state index < -0.39 is 0 Å². The van der Waals surface area contributed by atoms with Crippen LogP contribution in [0.5, 0.6) is 0 Å². The van der Waals surface area contributed by atoms with E-state index in [1.54, 1.807) is 11.3 Å². The smallest absolute Gasteiger partial charge is 0.205 e. The van der Waals surface area contributed by atoms with Crippen LogP contribution in [0.3, 0.4) is 0 Å². The number of hydrogen-bond donors (Lipinski definition) is 1. The number of rotatable bonds is 7. The lowest BCUT2D eigenvalue weighted by molar-refractivity contribution is 0.121. The van der Waals surface area contributed by atoms with E-state index in [9.17, 15) is 0 Å². The molecule has 0 aliphatic rings. The average Bonchev–Trinajstić information content (AvgIpc) is 2.63. The van der Waals surface area contributed by atoms with Crippen LogP contribution in [0.1, 0.15) is 31.7 Å². The summed E-state index contributed by atoms with van der Waals surface area (Å²) in [6.45, 7) is 6.54. The minimum Gasteiger partial charge on any atom is -0.374 e. The molecule has 1 heterocycles. The monoisotopic (exact) mass is 215 g/mol. The first-order valence-corrected chi connectivity index (χ1v) is 5.82. The Bertz CT molecular complexity index is 252. The molecule has 0 aliphatic heterocycles. The second-order valence-electron chi connectivity index (χ2n) is 2.98. The zero-order valence-corrected chi connectivity index (χ0v) is 9.56. The molecule has 4 nitrogen and oxygen atoms in total. The molecule has 5 heteroatoms. The Morgan fingerprint density at radius 1 is 1.29 bits per heavy atom. The molecule has 0 spiro atoms. The Hall–Kier alpha value is -0.680. The SMILES string of the molecule is CCCNc1nnc(COCCC)s1. The molecule has 1 aromatic heterocycles. The van der Waals surface area contributed by atoms with Gasteiger partial charge in [-0.2, -0.15) is 0 Å². The van der Waals surface area contributed by atoms with Crippen LogP contribution in [0.15, 0.2) is 0 Å². The highest BCUT2D eigenvalue weighted by Gasteiger charge is 2.02. The summed E-state index contributed by atoms with van der Waals surface area (Å²) in [5.74, 6) is 0. The largest absolute Gasteiger partial charge is 0.374 e. The Labute approximate surface area is 88.7 Å². The van der Waals surface area contributed by atoms with Gasteiger partial charge < -0.3 is 10.1 Å². The molecule has 0 fully saturated rings. The Balaban J connectivity index is 2.27. The van der Waals surface area contributed by atoms with E-state index >= 15 is 0 Å². The molecule has 0 saturated heterocycles. The lowest BCUT2D eigenvalue weighted by Crippen LogP contribution is -1.98. The first kappa shape index (κ1) is 11.4. The van der Waals surface area contributed by atoms with Crippen molar-refractivity contribution in [2.45, 2.75) is 33.3 Å². The van der Waals surface area contributed by atoms with Gasteiger partial charge >= 0.3 is 0 Å². The van der Waals surface area contributed by atoms with Crippen LogP contribution in [-0.2, 0) is 11.3 Å². The van der Waals surface area contributed by atoms with Gasteiger partial charge in [0.15, 0.2) is 0 Å². The van der Waals surface area contributed by atoms with Crippen LogP contribution >= 0.6 is 11.3 Å². The quantitative estimate of drug-likeness (QED) is 0.709. The van der Waals surface area contributed by atoms with Crippen molar-refractivity contribution in [2.75, 3.05) is 18.5 Å². The number of nitrogens with zero attached hydrogens (tertiary/aromatic N) is 2. The molecule has 1 aromatic rings. The van der Waals surface area contributed by atoms with Gasteiger partial charge in [-0.1, -0.05) is 25.2 Å². The third-order valence-electron chi connectivity index (χ3n) is 1.57. The van der Waals surface area contributed by atoms with Crippen LogP contribution in [0.2, 0.25) is 0 Å². The van der Waals surface area contributed by atoms with Gasteiger partial charge in [-0.25, -0.2) is 0 Å². The van der Waals surface area contributed by atoms with E-state index in [1.807, 2.05) is 0 Å². The first-order chi connectivity index (χ1) is 6.86. The molecule has 0 radical (unpaired) electrons. The standard InChI is InChI=1S/C9H17N3OS/c1-3-5-10-9-12-11-8(14-9)7-13-6-4-2/h3-7H2,1-2H3,(H,10,12). The van der Waals surface area contributed by atoms with Gasteiger partial charge in [-0.15, -0.1) is 10.2 Å². The molecule has 0 bridgehead atoms. The predicted octanol–water partition coefficient (Wildman–Crippen LogP) is 2.29. The summed E-state index contributed by atoms with van der Waals surface area (Å²) in [5.41, 5.74) is 0. The fourth-order valence-electron chi connectivity index (χ4n) is 0.919. The number of anilines is 1. The zero-order valence-electron chi connectivity index (χ0n) is 8.75. The van der Waals surface area contributed by atoms with Crippen LogP contribution in [-0.4, -0.2) is 23.3 Å². The van der Waals surface area contributed by atoms with Gasteiger partial charge in [-0.05, 0) is 12.8 Å². The summed E-state index contributed by atoms with van der Waals surface area (Å²) in [7, 11) is 0. The highest BCUT2D eigenvalue weighted by Crippen LogP contribution is 2.15. The van der Waals surface area contributed by atoms with Crippen molar-refractivity contribution >= 4 is 16.5 Å². The number of aromatic nitrogens is 2. The fourth-order valence-corrected chi connectivity index (χ4v) is 1.62. The molecule has 0 aliphatic carbocycles. The third kappa shape index (κ3) is 4.02. The van der Waals surface area contributed by atoms with Gasteiger partial charge in [-0.3, -0.25) is 0 Å². The van der Waals surface area contributed by atoms with Gasteiger partial charge in [0.1, 0.15) is 11.6 Å². The van der Waals surface area contributed by atoms with Gasteiger partial charge in [0.2, 0.25) is 5.13 Å². The molecule has 0 unspecified atom stereocenters. The van der Waals surface area contributed by atoms with Crippen molar-refractivity contribution in [1.82, 2.24) is 10.2 Å². The molecular formula is C9H17N3OS. The highest BCUT2D eigenvalue weighted by molar-refractivity contribution is 7.15. The zero-order chi connectivity index (χ0) is 10.2. The van der Waals surface area contributed by atoms with E-state index in [2.05, 4.69) is 29.4 Å². The van der Waals surface area contributed by atoms with Crippen LogP contribution < -0.4 is 5.32 Å². The third-order valence-corrected chi connectivity index (χ3v) is 2.42. The normalized spacial score (nSPS) is 10.4. The molecule has 0 saturated carbocycles. The molecule has 0 atom stereocenters. The maximum absolute atomic E-state index is 5.37. The number of ether oxygens (including phenoxy) is 1. The van der Waals surface area contributed by atoms with E-state index in [0.717, 1.165) is 36.1 Å². The molecule has 14 heavy (non-hydrogen) atoms. The highest BCUT2D eigenvalue weighted by atomic mass is 32.1. The lowest BCUT2D eigenvalue weighted by atomic mass is 10.5. The Morgan fingerprint density at radius 2 is 2.14 bits per heavy atom. The van der Waals surface area contributed by atoms with E-state index in [4.69, 9.17) is 4.74 Å². The molecule has 1 rings (SSSR count). The maximum atomic E-state index is 5.37. The maximum Gasteiger partial charge on any atom is 0.205 e. The average molecular weight is 215 g/mol. The molecule has 80 valence electrons. The van der Waals surface area contributed by atoms with Crippen molar-refractivity contribution in [1.29, 1.82) is 0 Å². The lowest BCUT2D eigenvalue weighted by Gasteiger charge is -1.97. The second-order valence-corrected chi connectivity index (χ2v) is 4.04.